The Labute approximate surface area is 98.5 Å². The third-order valence-electron chi connectivity index (χ3n) is 2.18. The second-order valence-electron chi connectivity index (χ2n) is 4.52. The summed E-state index contributed by atoms with van der Waals surface area (Å²) in [6.45, 7) is 5.58. The summed E-state index contributed by atoms with van der Waals surface area (Å²) in [5, 5.41) is 0. The quantitative estimate of drug-likeness (QED) is 0.814. The molecule has 0 heterocycles. The molecule has 1 aromatic rings. The molecule has 0 N–H and O–H groups in total. The Kier molecular flexibility index (Phi) is 4.62. The molecule has 0 aliphatic carbocycles. The molecule has 1 unspecified atom stereocenters. The van der Waals surface area contributed by atoms with E-state index in [4.69, 9.17) is 4.18 Å². The lowest BCUT2D eigenvalue weighted by Crippen LogP contribution is -2.11. The normalized spacial score (nSPS) is 13.8. The minimum Gasteiger partial charge on any atom is -0.284 e. The fraction of sp³-hybridized carbons (Fsp3) is 0.500. The van der Waals surface area contributed by atoms with Crippen LogP contribution in [0.25, 0.3) is 0 Å². The van der Waals surface area contributed by atoms with Crippen molar-refractivity contribution >= 4 is 11.1 Å². The van der Waals surface area contributed by atoms with E-state index in [2.05, 4.69) is 20.8 Å². The maximum absolute atomic E-state index is 11.8. The maximum atomic E-state index is 11.8. The molecule has 16 heavy (non-hydrogen) atoms. The Hall–Kier alpha value is -0.740. The van der Waals surface area contributed by atoms with E-state index in [1.807, 2.05) is 12.1 Å². The van der Waals surface area contributed by atoms with Crippen LogP contribution in [0.2, 0.25) is 0 Å². The van der Waals surface area contributed by atoms with Crippen molar-refractivity contribution in [3.63, 3.8) is 0 Å². The second-order valence-corrected chi connectivity index (χ2v) is 5.70. The van der Waals surface area contributed by atoms with Crippen molar-refractivity contribution in [1.29, 1.82) is 0 Å². The van der Waals surface area contributed by atoms with Gasteiger partial charge in [-0.2, -0.15) is 0 Å². The molecule has 0 fully saturated rings. The first-order chi connectivity index (χ1) is 7.45. The zero-order chi connectivity index (χ0) is 12.2. The fourth-order valence-corrected chi connectivity index (χ4v) is 1.95. The van der Waals surface area contributed by atoms with Gasteiger partial charge in [0, 0.05) is 0 Å². The van der Waals surface area contributed by atoms with Crippen molar-refractivity contribution in [3.8, 4) is 0 Å². The lowest BCUT2D eigenvalue weighted by molar-refractivity contribution is 0.295. The Balaban J connectivity index is 2.75. The molecular formula is C12H17FO2S. The number of alkyl halides is 1. The van der Waals surface area contributed by atoms with Gasteiger partial charge in [0.05, 0.1) is 11.5 Å². The smallest absolute Gasteiger partial charge is 0.189 e. The molecule has 0 aliphatic heterocycles. The Morgan fingerprint density at radius 3 is 2.25 bits per heavy atom. The molecule has 1 rings (SSSR count). The van der Waals surface area contributed by atoms with Crippen molar-refractivity contribution in [3.05, 3.63) is 29.8 Å². The summed E-state index contributed by atoms with van der Waals surface area (Å²) >= 11 is -1.56. The summed E-state index contributed by atoms with van der Waals surface area (Å²) in [6, 6.07) is 7.36. The van der Waals surface area contributed by atoms with Gasteiger partial charge in [0.25, 0.3) is 0 Å². The summed E-state index contributed by atoms with van der Waals surface area (Å²) in [5.74, 6) is 0. The lowest BCUT2D eigenvalue weighted by atomic mass is 9.87. The van der Waals surface area contributed by atoms with Gasteiger partial charge < -0.3 is 0 Å². The van der Waals surface area contributed by atoms with Gasteiger partial charge in [-0.1, -0.05) is 32.9 Å². The predicted octanol–water partition coefficient (Wildman–Crippen LogP) is 2.99. The van der Waals surface area contributed by atoms with Crippen LogP contribution in [0.15, 0.2) is 29.2 Å². The van der Waals surface area contributed by atoms with Crippen LogP contribution >= 0.6 is 0 Å². The van der Waals surface area contributed by atoms with Crippen LogP contribution in [-0.2, 0) is 20.7 Å². The third kappa shape index (κ3) is 3.68. The van der Waals surface area contributed by atoms with Crippen molar-refractivity contribution in [2.75, 3.05) is 13.3 Å². The Morgan fingerprint density at radius 2 is 1.81 bits per heavy atom. The maximum Gasteiger partial charge on any atom is 0.189 e. The molecule has 4 heteroatoms. The summed E-state index contributed by atoms with van der Waals surface area (Å²) in [4.78, 5) is 0.571. The molecule has 0 aliphatic rings. The third-order valence-corrected chi connectivity index (χ3v) is 3.22. The first-order valence-corrected chi connectivity index (χ1v) is 6.24. The largest absolute Gasteiger partial charge is 0.284 e. The van der Waals surface area contributed by atoms with Gasteiger partial charge in [0.2, 0.25) is 0 Å². The average molecular weight is 244 g/mol. The van der Waals surface area contributed by atoms with Gasteiger partial charge in [-0.05, 0) is 23.1 Å². The van der Waals surface area contributed by atoms with Crippen LogP contribution in [0.3, 0.4) is 0 Å². The highest BCUT2D eigenvalue weighted by Gasteiger charge is 2.14. The molecule has 0 saturated carbocycles. The number of hydrogen-bond donors (Lipinski definition) is 0. The first kappa shape index (κ1) is 13.3. The molecule has 0 saturated heterocycles. The standard InChI is InChI=1S/C12H17FO2S/c1-12(2,3)10-4-6-11(7-5-10)16(14)15-9-8-13/h4-7H,8-9H2,1-3H3. The zero-order valence-corrected chi connectivity index (χ0v) is 10.6. The highest BCUT2D eigenvalue weighted by Crippen LogP contribution is 2.23. The van der Waals surface area contributed by atoms with E-state index in [0.717, 1.165) is 0 Å². The minimum atomic E-state index is -1.56. The molecule has 0 bridgehead atoms. The monoisotopic (exact) mass is 244 g/mol. The second kappa shape index (κ2) is 5.55. The van der Waals surface area contributed by atoms with Crippen LogP contribution in [0.1, 0.15) is 26.3 Å². The van der Waals surface area contributed by atoms with E-state index in [9.17, 15) is 8.60 Å². The molecule has 1 aromatic carbocycles. The van der Waals surface area contributed by atoms with Gasteiger partial charge >= 0.3 is 0 Å². The van der Waals surface area contributed by atoms with Crippen molar-refractivity contribution in [1.82, 2.24) is 0 Å². The van der Waals surface area contributed by atoms with Gasteiger partial charge in [-0.3, -0.25) is 4.18 Å². The summed E-state index contributed by atoms with van der Waals surface area (Å²) in [6.07, 6.45) is 0. The van der Waals surface area contributed by atoms with Crippen LogP contribution in [-0.4, -0.2) is 17.5 Å². The van der Waals surface area contributed by atoms with Gasteiger partial charge in [-0.25, -0.2) is 8.60 Å². The van der Waals surface area contributed by atoms with Gasteiger partial charge in [0.1, 0.15) is 6.67 Å². The minimum absolute atomic E-state index is 0.0693. The van der Waals surface area contributed by atoms with Crippen molar-refractivity contribution in [2.24, 2.45) is 0 Å². The van der Waals surface area contributed by atoms with Gasteiger partial charge in [-0.15, -0.1) is 0 Å². The summed E-state index contributed by atoms with van der Waals surface area (Å²) in [7, 11) is 0. The SMILES string of the molecule is CC(C)(C)c1ccc(S(=O)OCCF)cc1. The van der Waals surface area contributed by atoms with E-state index in [1.54, 1.807) is 12.1 Å². The molecule has 90 valence electrons. The average Bonchev–Trinajstić information content (AvgIpc) is 2.25. The highest BCUT2D eigenvalue weighted by molar-refractivity contribution is 7.80. The van der Waals surface area contributed by atoms with E-state index >= 15 is 0 Å². The predicted molar refractivity (Wildman–Crippen MR) is 63.5 cm³/mol. The van der Waals surface area contributed by atoms with E-state index < -0.39 is 17.8 Å². The molecule has 2 nitrogen and oxygen atoms in total. The van der Waals surface area contributed by atoms with Crippen molar-refractivity contribution < 1.29 is 12.8 Å². The van der Waals surface area contributed by atoms with Crippen LogP contribution in [0.5, 0.6) is 0 Å². The van der Waals surface area contributed by atoms with Crippen LogP contribution in [0.4, 0.5) is 4.39 Å². The molecule has 0 aromatic heterocycles. The number of hydrogen-bond acceptors (Lipinski definition) is 2. The summed E-state index contributed by atoms with van der Waals surface area (Å²) < 4.78 is 28.1. The molecular weight excluding hydrogens is 227 g/mol. The number of rotatable bonds is 4. The fourth-order valence-electron chi connectivity index (χ4n) is 1.24. The van der Waals surface area contributed by atoms with E-state index in [0.29, 0.717) is 4.90 Å². The lowest BCUT2D eigenvalue weighted by Gasteiger charge is -2.18. The first-order valence-electron chi connectivity index (χ1n) is 5.16. The number of benzene rings is 1. The topological polar surface area (TPSA) is 26.3 Å². The Bertz CT molecular complexity index is 354. The zero-order valence-electron chi connectivity index (χ0n) is 9.83. The van der Waals surface area contributed by atoms with Crippen molar-refractivity contribution in [2.45, 2.75) is 31.1 Å². The molecule has 0 radical (unpaired) electrons. The van der Waals surface area contributed by atoms with Crippen LogP contribution < -0.4 is 0 Å². The molecule has 1 atom stereocenters. The molecule has 0 spiro atoms. The van der Waals surface area contributed by atoms with E-state index in [1.165, 1.54) is 5.56 Å². The number of halogens is 1. The van der Waals surface area contributed by atoms with E-state index in [-0.39, 0.29) is 12.0 Å². The molecule has 0 amide bonds. The highest BCUT2D eigenvalue weighted by atomic mass is 32.2. The van der Waals surface area contributed by atoms with Gasteiger partial charge in [0.15, 0.2) is 11.1 Å². The summed E-state index contributed by atoms with van der Waals surface area (Å²) in [5.41, 5.74) is 1.23. The van der Waals surface area contributed by atoms with Crippen LogP contribution in [0, 0.1) is 0 Å². The Morgan fingerprint density at radius 1 is 1.25 bits per heavy atom.